The van der Waals surface area contributed by atoms with Crippen molar-refractivity contribution in [2.45, 2.75) is 32.6 Å². The molecule has 0 saturated carbocycles. The van der Waals surface area contributed by atoms with Gasteiger partial charge in [0.2, 0.25) is 5.91 Å². The summed E-state index contributed by atoms with van der Waals surface area (Å²) < 4.78 is 6.78. The molecular weight excluding hydrogens is 356 g/mol. The number of benzene rings is 1. The molecule has 1 aromatic heterocycles. The van der Waals surface area contributed by atoms with E-state index in [1.54, 1.807) is 6.20 Å². The average molecular weight is 377 g/mol. The van der Waals surface area contributed by atoms with Crippen LogP contribution >= 0.6 is 15.9 Å². The maximum atomic E-state index is 12.2. The number of oxazole rings is 1. The predicted octanol–water partition coefficient (Wildman–Crippen LogP) is 4.30. The topological polar surface area (TPSA) is 46.3 Å². The monoisotopic (exact) mass is 376 g/mol. The van der Waals surface area contributed by atoms with Crippen LogP contribution in [-0.2, 0) is 11.2 Å². The summed E-state index contributed by atoms with van der Waals surface area (Å²) in [4.78, 5) is 18.5. The van der Waals surface area contributed by atoms with Crippen molar-refractivity contribution in [2.75, 3.05) is 13.1 Å². The summed E-state index contributed by atoms with van der Waals surface area (Å²) in [5, 5.41) is 0. The third-order valence-corrected chi connectivity index (χ3v) is 4.85. The molecule has 1 saturated heterocycles. The standard InChI is InChI=1S/C18H21BrN2O2/c1-13-7-9-21(10-8-13)18(22)6-5-17-20-12-16(23-17)14-3-2-4-15(19)11-14/h2-4,11-13H,5-10H2,1H3. The molecule has 0 atom stereocenters. The number of hydrogen-bond donors (Lipinski definition) is 0. The lowest BCUT2D eigenvalue weighted by Crippen LogP contribution is -2.38. The van der Waals surface area contributed by atoms with Gasteiger partial charge in [-0.3, -0.25) is 4.79 Å². The van der Waals surface area contributed by atoms with E-state index in [1.807, 2.05) is 29.2 Å². The van der Waals surface area contributed by atoms with Gasteiger partial charge >= 0.3 is 0 Å². The third-order valence-electron chi connectivity index (χ3n) is 4.35. The molecule has 1 fully saturated rings. The second-order valence-corrected chi connectivity index (χ2v) is 7.11. The third kappa shape index (κ3) is 4.22. The Labute approximate surface area is 145 Å². The van der Waals surface area contributed by atoms with Crippen molar-refractivity contribution in [3.63, 3.8) is 0 Å². The number of amides is 1. The number of carbonyl (C=O) groups is 1. The minimum absolute atomic E-state index is 0.208. The molecule has 23 heavy (non-hydrogen) atoms. The molecule has 0 unspecified atom stereocenters. The fourth-order valence-electron chi connectivity index (χ4n) is 2.83. The van der Waals surface area contributed by atoms with Crippen molar-refractivity contribution >= 4 is 21.8 Å². The van der Waals surface area contributed by atoms with Gasteiger partial charge in [-0.15, -0.1) is 0 Å². The van der Waals surface area contributed by atoms with Crippen LogP contribution in [0.15, 0.2) is 39.4 Å². The Morgan fingerprint density at radius 2 is 2.17 bits per heavy atom. The van der Waals surface area contributed by atoms with Gasteiger partial charge in [0.05, 0.1) is 6.20 Å². The van der Waals surface area contributed by atoms with Gasteiger partial charge in [0.1, 0.15) is 0 Å². The van der Waals surface area contributed by atoms with Crippen LogP contribution in [0.4, 0.5) is 0 Å². The van der Waals surface area contributed by atoms with Crippen LogP contribution in [-0.4, -0.2) is 28.9 Å². The lowest BCUT2D eigenvalue weighted by atomic mass is 9.99. The number of halogens is 1. The second kappa shape index (κ2) is 7.30. The number of piperidine rings is 1. The normalized spacial score (nSPS) is 15.8. The Morgan fingerprint density at radius 1 is 1.39 bits per heavy atom. The first-order valence-electron chi connectivity index (χ1n) is 8.10. The van der Waals surface area contributed by atoms with E-state index in [9.17, 15) is 4.79 Å². The fraction of sp³-hybridized carbons (Fsp3) is 0.444. The van der Waals surface area contributed by atoms with E-state index in [1.165, 1.54) is 0 Å². The van der Waals surface area contributed by atoms with E-state index in [2.05, 4.69) is 27.8 Å². The number of aryl methyl sites for hydroxylation is 1. The Bertz CT molecular complexity index is 675. The van der Waals surface area contributed by atoms with Crippen LogP contribution in [0.5, 0.6) is 0 Å². The van der Waals surface area contributed by atoms with Crippen LogP contribution in [0.1, 0.15) is 32.1 Å². The first kappa shape index (κ1) is 16.2. The lowest BCUT2D eigenvalue weighted by molar-refractivity contribution is -0.132. The molecule has 1 aliphatic heterocycles. The maximum absolute atomic E-state index is 12.2. The van der Waals surface area contributed by atoms with E-state index in [0.29, 0.717) is 18.7 Å². The molecule has 3 rings (SSSR count). The van der Waals surface area contributed by atoms with E-state index in [0.717, 1.165) is 47.6 Å². The summed E-state index contributed by atoms with van der Waals surface area (Å²) in [6.07, 6.45) is 4.96. The summed E-state index contributed by atoms with van der Waals surface area (Å²) in [5.74, 6) is 2.30. The zero-order chi connectivity index (χ0) is 16.2. The van der Waals surface area contributed by atoms with Gasteiger partial charge in [0.15, 0.2) is 11.7 Å². The first-order valence-corrected chi connectivity index (χ1v) is 8.89. The highest BCUT2D eigenvalue weighted by molar-refractivity contribution is 9.10. The van der Waals surface area contributed by atoms with Crippen LogP contribution in [0.25, 0.3) is 11.3 Å². The number of likely N-dealkylation sites (tertiary alicyclic amines) is 1. The van der Waals surface area contributed by atoms with Crippen LogP contribution in [0, 0.1) is 5.92 Å². The highest BCUT2D eigenvalue weighted by Gasteiger charge is 2.20. The van der Waals surface area contributed by atoms with Crippen molar-refractivity contribution < 1.29 is 9.21 Å². The number of rotatable bonds is 4. The molecule has 0 spiro atoms. The summed E-state index contributed by atoms with van der Waals surface area (Å²) >= 11 is 3.45. The van der Waals surface area contributed by atoms with Gasteiger partial charge in [-0.2, -0.15) is 0 Å². The molecular formula is C18H21BrN2O2. The number of carbonyl (C=O) groups excluding carboxylic acids is 1. The second-order valence-electron chi connectivity index (χ2n) is 6.19. The average Bonchev–Trinajstić information content (AvgIpc) is 3.02. The predicted molar refractivity (Wildman–Crippen MR) is 92.9 cm³/mol. The van der Waals surface area contributed by atoms with Crippen molar-refractivity contribution in [3.05, 3.63) is 40.8 Å². The van der Waals surface area contributed by atoms with E-state index >= 15 is 0 Å². The van der Waals surface area contributed by atoms with Crippen molar-refractivity contribution in [2.24, 2.45) is 5.92 Å². The highest BCUT2D eigenvalue weighted by Crippen LogP contribution is 2.24. The quantitative estimate of drug-likeness (QED) is 0.798. The molecule has 1 amide bonds. The maximum Gasteiger partial charge on any atom is 0.223 e. The Kier molecular flexibility index (Phi) is 5.16. The molecule has 2 aromatic rings. The van der Waals surface area contributed by atoms with Gasteiger partial charge in [0, 0.05) is 36.0 Å². The number of hydrogen-bond acceptors (Lipinski definition) is 3. The van der Waals surface area contributed by atoms with Gasteiger partial charge in [-0.25, -0.2) is 4.98 Å². The Hall–Kier alpha value is -1.62. The largest absolute Gasteiger partial charge is 0.441 e. The summed E-state index contributed by atoms with van der Waals surface area (Å²) in [5.41, 5.74) is 0.981. The van der Waals surface area contributed by atoms with Crippen LogP contribution in [0.3, 0.4) is 0 Å². The molecule has 4 nitrogen and oxygen atoms in total. The number of aromatic nitrogens is 1. The van der Waals surface area contributed by atoms with E-state index in [-0.39, 0.29) is 5.91 Å². The first-order chi connectivity index (χ1) is 11.1. The molecule has 0 bridgehead atoms. The summed E-state index contributed by atoms with van der Waals surface area (Å²) in [7, 11) is 0. The Balaban J connectivity index is 1.56. The number of nitrogens with zero attached hydrogens (tertiary/aromatic N) is 2. The molecule has 0 radical (unpaired) electrons. The van der Waals surface area contributed by atoms with Gasteiger partial charge in [-0.05, 0) is 30.9 Å². The van der Waals surface area contributed by atoms with Crippen LogP contribution in [0.2, 0.25) is 0 Å². The smallest absolute Gasteiger partial charge is 0.223 e. The molecule has 0 aliphatic carbocycles. The van der Waals surface area contributed by atoms with Crippen LogP contribution < -0.4 is 0 Å². The SMILES string of the molecule is CC1CCN(C(=O)CCc2ncc(-c3cccc(Br)c3)o2)CC1. The molecule has 1 aliphatic rings. The minimum Gasteiger partial charge on any atom is -0.441 e. The fourth-order valence-corrected chi connectivity index (χ4v) is 3.23. The van der Waals surface area contributed by atoms with Gasteiger partial charge in [0.25, 0.3) is 0 Å². The van der Waals surface area contributed by atoms with Gasteiger partial charge in [-0.1, -0.05) is 35.0 Å². The van der Waals surface area contributed by atoms with Gasteiger partial charge < -0.3 is 9.32 Å². The van der Waals surface area contributed by atoms with Crippen molar-refractivity contribution in [1.29, 1.82) is 0 Å². The molecule has 0 N–H and O–H groups in total. The molecule has 1 aromatic carbocycles. The summed E-state index contributed by atoms with van der Waals surface area (Å²) in [6.45, 7) is 4.02. The van der Waals surface area contributed by atoms with E-state index in [4.69, 9.17) is 4.42 Å². The van der Waals surface area contributed by atoms with E-state index < -0.39 is 0 Å². The summed E-state index contributed by atoms with van der Waals surface area (Å²) in [6, 6.07) is 7.90. The Morgan fingerprint density at radius 3 is 2.91 bits per heavy atom. The lowest BCUT2D eigenvalue weighted by Gasteiger charge is -2.30. The minimum atomic E-state index is 0.208. The molecule has 2 heterocycles. The molecule has 5 heteroatoms. The zero-order valence-electron chi connectivity index (χ0n) is 13.3. The molecule has 122 valence electrons. The zero-order valence-corrected chi connectivity index (χ0v) is 14.9. The highest BCUT2D eigenvalue weighted by atomic mass is 79.9. The van der Waals surface area contributed by atoms with Crippen molar-refractivity contribution in [3.8, 4) is 11.3 Å². The van der Waals surface area contributed by atoms with Crippen molar-refractivity contribution in [1.82, 2.24) is 9.88 Å².